The number of hydrogen-bond donors (Lipinski definition) is 1. The maximum absolute atomic E-state index is 12.9. The average molecular weight is 328 g/mol. The molecule has 6 heteroatoms. The van der Waals surface area contributed by atoms with Crippen LogP contribution in [0.2, 0.25) is 0 Å². The molecule has 1 amide bonds. The smallest absolute Gasteiger partial charge is 0.266 e. The summed E-state index contributed by atoms with van der Waals surface area (Å²) in [6.07, 6.45) is 1.71. The van der Waals surface area contributed by atoms with E-state index in [1.807, 2.05) is 0 Å². The fourth-order valence-electron chi connectivity index (χ4n) is 2.00. The number of halogens is 1. The Morgan fingerprint density at radius 2 is 1.78 bits per heavy atom. The van der Waals surface area contributed by atoms with Crippen LogP contribution in [-0.2, 0) is 4.79 Å². The van der Waals surface area contributed by atoms with Crippen LogP contribution in [0.3, 0.4) is 0 Å². The predicted octanol–water partition coefficient (Wildman–Crippen LogP) is 3.77. The Bertz CT molecular complexity index is 798. The van der Waals surface area contributed by atoms with Crippen molar-refractivity contribution in [3.8, 4) is 5.75 Å². The molecule has 1 aliphatic heterocycles. The topological polar surface area (TPSA) is 52.9 Å². The number of carbonyl (C=O) groups is 1. The SMILES string of the molecule is CN1C(=O)/C(=C/c2ccc(F)cc2)SC1=Nc1ccc(O)cc1. The number of carbonyl (C=O) groups excluding carboxylic acids is 1. The van der Waals surface area contributed by atoms with Crippen molar-refractivity contribution in [2.45, 2.75) is 0 Å². The summed E-state index contributed by atoms with van der Waals surface area (Å²) in [5.74, 6) is -0.310. The summed E-state index contributed by atoms with van der Waals surface area (Å²) in [5, 5.41) is 9.83. The molecule has 2 aromatic carbocycles. The van der Waals surface area contributed by atoms with E-state index in [1.54, 1.807) is 37.4 Å². The highest BCUT2D eigenvalue weighted by molar-refractivity contribution is 8.18. The van der Waals surface area contributed by atoms with Crippen molar-refractivity contribution in [2.75, 3.05) is 7.05 Å². The maximum atomic E-state index is 12.9. The first-order chi connectivity index (χ1) is 11.0. The van der Waals surface area contributed by atoms with Gasteiger partial charge in [0.2, 0.25) is 0 Å². The average Bonchev–Trinajstić information content (AvgIpc) is 2.80. The van der Waals surface area contributed by atoms with E-state index in [0.717, 1.165) is 5.56 Å². The Kier molecular flexibility index (Phi) is 4.16. The summed E-state index contributed by atoms with van der Waals surface area (Å²) in [7, 11) is 1.65. The van der Waals surface area contributed by atoms with E-state index < -0.39 is 0 Å². The van der Waals surface area contributed by atoms with E-state index in [-0.39, 0.29) is 17.5 Å². The first-order valence-corrected chi connectivity index (χ1v) is 7.65. The summed E-state index contributed by atoms with van der Waals surface area (Å²) >= 11 is 1.26. The minimum atomic E-state index is -0.316. The van der Waals surface area contributed by atoms with Crippen LogP contribution < -0.4 is 0 Å². The van der Waals surface area contributed by atoms with Gasteiger partial charge in [-0.3, -0.25) is 9.69 Å². The third-order valence-electron chi connectivity index (χ3n) is 3.25. The normalized spacial score (nSPS) is 18.2. The molecule has 1 aliphatic rings. The Balaban J connectivity index is 1.87. The van der Waals surface area contributed by atoms with Crippen LogP contribution in [0.25, 0.3) is 6.08 Å². The number of rotatable bonds is 2. The van der Waals surface area contributed by atoms with Crippen molar-refractivity contribution >= 4 is 34.6 Å². The number of phenols is 1. The molecule has 0 saturated carbocycles. The maximum Gasteiger partial charge on any atom is 0.266 e. The number of thioether (sulfide) groups is 1. The van der Waals surface area contributed by atoms with Gasteiger partial charge in [0.25, 0.3) is 5.91 Å². The van der Waals surface area contributed by atoms with Gasteiger partial charge < -0.3 is 5.11 Å². The van der Waals surface area contributed by atoms with Gasteiger partial charge in [0.15, 0.2) is 5.17 Å². The zero-order valence-corrected chi connectivity index (χ0v) is 13.0. The molecule has 1 saturated heterocycles. The van der Waals surface area contributed by atoms with Crippen LogP contribution in [0, 0.1) is 5.82 Å². The summed E-state index contributed by atoms with van der Waals surface area (Å²) in [6, 6.07) is 12.4. The van der Waals surface area contributed by atoms with Crippen molar-refractivity contribution in [3.63, 3.8) is 0 Å². The molecule has 116 valence electrons. The molecule has 4 nitrogen and oxygen atoms in total. The molecule has 0 spiro atoms. The molecule has 1 heterocycles. The van der Waals surface area contributed by atoms with Crippen LogP contribution in [0.5, 0.6) is 5.75 Å². The number of amides is 1. The Morgan fingerprint density at radius 3 is 2.43 bits per heavy atom. The van der Waals surface area contributed by atoms with E-state index in [4.69, 9.17) is 0 Å². The molecule has 0 aromatic heterocycles. The van der Waals surface area contributed by atoms with Gasteiger partial charge in [0.1, 0.15) is 11.6 Å². The van der Waals surface area contributed by atoms with Gasteiger partial charge in [0, 0.05) is 7.05 Å². The quantitative estimate of drug-likeness (QED) is 0.854. The van der Waals surface area contributed by atoms with Crippen molar-refractivity contribution in [1.82, 2.24) is 4.90 Å². The predicted molar refractivity (Wildman–Crippen MR) is 89.9 cm³/mol. The molecular weight excluding hydrogens is 315 g/mol. The van der Waals surface area contributed by atoms with E-state index >= 15 is 0 Å². The summed E-state index contributed by atoms with van der Waals surface area (Å²) < 4.78 is 12.9. The lowest BCUT2D eigenvalue weighted by atomic mass is 10.2. The molecule has 0 bridgehead atoms. The van der Waals surface area contributed by atoms with Crippen molar-refractivity contribution in [3.05, 3.63) is 64.8 Å². The number of aliphatic imine (C=N–C) groups is 1. The molecule has 0 atom stereocenters. The van der Waals surface area contributed by atoms with Gasteiger partial charge in [-0.2, -0.15) is 0 Å². The summed E-state index contributed by atoms with van der Waals surface area (Å²) in [6.45, 7) is 0. The fourth-order valence-corrected chi connectivity index (χ4v) is 2.99. The number of amidine groups is 1. The van der Waals surface area contributed by atoms with Crippen LogP contribution >= 0.6 is 11.8 Å². The number of phenolic OH excluding ortho intramolecular Hbond substituents is 1. The van der Waals surface area contributed by atoms with Gasteiger partial charge in [-0.05, 0) is 59.8 Å². The fraction of sp³-hybridized carbons (Fsp3) is 0.0588. The number of nitrogens with zero attached hydrogens (tertiary/aromatic N) is 2. The van der Waals surface area contributed by atoms with Gasteiger partial charge in [0.05, 0.1) is 10.6 Å². The highest BCUT2D eigenvalue weighted by Gasteiger charge is 2.30. The first-order valence-electron chi connectivity index (χ1n) is 6.84. The Hall–Kier alpha value is -2.60. The molecule has 2 aromatic rings. The zero-order valence-electron chi connectivity index (χ0n) is 12.2. The number of benzene rings is 2. The molecule has 3 rings (SSSR count). The minimum absolute atomic E-state index is 0.156. The van der Waals surface area contributed by atoms with Crippen LogP contribution in [0.1, 0.15) is 5.56 Å². The van der Waals surface area contributed by atoms with Gasteiger partial charge in [-0.25, -0.2) is 9.38 Å². The van der Waals surface area contributed by atoms with E-state index in [0.29, 0.717) is 15.8 Å². The second-order valence-electron chi connectivity index (χ2n) is 4.94. The Morgan fingerprint density at radius 1 is 1.13 bits per heavy atom. The molecule has 1 N–H and O–H groups in total. The molecule has 0 radical (unpaired) electrons. The van der Waals surface area contributed by atoms with Gasteiger partial charge >= 0.3 is 0 Å². The van der Waals surface area contributed by atoms with E-state index in [9.17, 15) is 14.3 Å². The number of likely N-dealkylation sites (N-methyl/N-ethyl adjacent to an activating group) is 1. The summed E-state index contributed by atoms with van der Waals surface area (Å²) in [5.41, 5.74) is 1.40. The number of aromatic hydroxyl groups is 1. The van der Waals surface area contributed by atoms with Crippen molar-refractivity contribution in [2.24, 2.45) is 4.99 Å². The Labute approximate surface area is 137 Å². The third kappa shape index (κ3) is 3.43. The van der Waals surface area contributed by atoms with E-state index in [1.165, 1.54) is 40.9 Å². The van der Waals surface area contributed by atoms with Crippen molar-refractivity contribution in [1.29, 1.82) is 0 Å². The zero-order chi connectivity index (χ0) is 16.4. The van der Waals surface area contributed by atoms with Gasteiger partial charge in [-0.15, -0.1) is 0 Å². The van der Waals surface area contributed by atoms with Crippen LogP contribution in [-0.4, -0.2) is 28.1 Å². The highest BCUT2D eigenvalue weighted by atomic mass is 32.2. The third-order valence-corrected chi connectivity index (χ3v) is 4.31. The molecular formula is C17H13FN2O2S. The summed E-state index contributed by atoms with van der Waals surface area (Å²) in [4.78, 5) is 18.7. The minimum Gasteiger partial charge on any atom is -0.508 e. The standard InChI is InChI=1S/C17H13FN2O2S/c1-20-16(22)15(10-11-2-4-12(18)5-3-11)23-17(20)19-13-6-8-14(21)9-7-13/h2-10,21H,1H3/b15-10-,19-17?. The molecule has 23 heavy (non-hydrogen) atoms. The second kappa shape index (κ2) is 6.26. The van der Waals surface area contributed by atoms with Gasteiger partial charge in [-0.1, -0.05) is 12.1 Å². The lowest BCUT2D eigenvalue weighted by Gasteiger charge is -2.07. The van der Waals surface area contributed by atoms with E-state index in [2.05, 4.69) is 4.99 Å². The van der Waals surface area contributed by atoms with Crippen LogP contribution in [0.15, 0.2) is 58.4 Å². The monoisotopic (exact) mass is 328 g/mol. The molecule has 0 unspecified atom stereocenters. The lowest BCUT2D eigenvalue weighted by molar-refractivity contribution is -0.121. The lowest BCUT2D eigenvalue weighted by Crippen LogP contribution is -2.23. The largest absolute Gasteiger partial charge is 0.508 e. The highest BCUT2D eigenvalue weighted by Crippen LogP contribution is 2.33. The second-order valence-corrected chi connectivity index (χ2v) is 5.95. The first kappa shape index (κ1) is 15.3. The van der Waals surface area contributed by atoms with Crippen molar-refractivity contribution < 1.29 is 14.3 Å². The van der Waals surface area contributed by atoms with Crippen LogP contribution in [0.4, 0.5) is 10.1 Å². The molecule has 1 fully saturated rings. The molecule has 0 aliphatic carbocycles. The number of hydrogen-bond acceptors (Lipinski definition) is 4.